The number of furan rings is 1. The van der Waals surface area contributed by atoms with Crippen molar-refractivity contribution in [2.45, 2.75) is 37.6 Å². The molecule has 5 rings (SSSR count). The maximum atomic E-state index is 14.4. The summed E-state index contributed by atoms with van der Waals surface area (Å²) < 4.78 is 34.4. The largest absolute Gasteiger partial charge is 0.467 e. The van der Waals surface area contributed by atoms with Crippen LogP contribution in [0.15, 0.2) is 41.0 Å². The standard InChI is InChI=1S/C20H17F2N3O2/c21-13-5-6-16(15(22)9-13)25-19-12-4-3-11(8-12)17(19)18(24-25)20(26)23-10-14-2-1-7-27-14/h1-2,5-7,9,11-12H,3-4,8,10H2,(H,23,26). The Morgan fingerprint density at radius 3 is 2.89 bits per heavy atom. The average Bonchev–Trinajstić information content (AvgIpc) is 3.41. The lowest BCUT2D eigenvalue weighted by Gasteiger charge is -2.14. The summed E-state index contributed by atoms with van der Waals surface area (Å²) >= 11 is 0. The van der Waals surface area contributed by atoms with Crippen molar-refractivity contribution in [3.8, 4) is 5.69 Å². The highest BCUT2D eigenvalue weighted by atomic mass is 19.1. The first-order chi connectivity index (χ1) is 13.1. The fourth-order valence-electron chi connectivity index (χ4n) is 4.40. The average molecular weight is 369 g/mol. The molecule has 1 aromatic carbocycles. The van der Waals surface area contributed by atoms with Gasteiger partial charge in [0.05, 0.1) is 18.5 Å². The summed E-state index contributed by atoms with van der Waals surface area (Å²) in [6.45, 7) is 0.256. The summed E-state index contributed by atoms with van der Waals surface area (Å²) in [5.74, 6) is -0.467. The highest BCUT2D eigenvalue weighted by Crippen LogP contribution is 2.54. The molecule has 0 saturated heterocycles. The van der Waals surface area contributed by atoms with Gasteiger partial charge >= 0.3 is 0 Å². The molecule has 7 heteroatoms. The van der Waals surface area contributed by atoms with Crippen LogP contribution in [0.4, 0.5) is 8.78 Å². The molecule has 2 aromatic heterocycles. The number of amides is 1. The Kier molecular flexibility index (Phi) is 3.63. The van der Waals surface area contributed by atoms with Crippen molar-refractivity contribution >= 4 is 5.91 Å². The molecule has 5 nitrogen and oxygen atoms in total. The minimum atomic E-state index is -0.689. The number of hydrogen-bond acceptors (Lipinski definition) is 3. The summed E-state index contributed by atoms with van der Waals surface area (Å²) in [4.78, 5) is 12.8. The number of carbonyl (C=O) groups is 1. The molecular formula is C20H17F2N3O2. The predicted molar refractivity (Wildman–Crippen MR) is 92.7 cm³/mol. The number of hydrogen-bond donors (Lipinski definition) is 1. The minimum Gasteiger partial charge on any atom is -0.467 e. The van der Waals surface area contributed by atoms with Crippen molar-refractivity contribution in [1.82, 2.24) is 15.1 Å². The molecule has 2 aliphatic rings. The second-order valence-corrected chi connectivity index (χ2v) is 7.12. The second kappa shape index (κ2) is 6.04. The highest BCUT2D eigenvalue weighted by molar-refractivity contribution is 5.94. The molecule has 0 spiro atoms. The maximum absolute atomic E-state index is 14.4. The summed E-state index contributed by atoms with van der Waals surface area (Å²) in [5, 5.41) is 7.26. The maximum Gasteiger partial charge on any atom is 0.272 e. The number of benzene rings is 1. The van der Waals surface area contributed by atoms with Crippen molar-refractivity contribution in [1.29, 1.82) is 0 Å². The smallest absolute Gasteiger partial charge is 0.272 e. The van der Waals surface area contributed by atoms with Crippen LogP contribution >= 0.6 is 0 Å². The molecule has 0 aliphatic heterocycles. The summed E-state index contributed by atoms with van der Waals surface area (Å²) in [6, 6.07) is 6.95. The number of aromatic nitrogens is 2. The number of rotatable bonds is 4. The van der Waals surface area contributed by atoms with E-state index in [1.165, 1.54) is 16.8 Å². The van der Waals surface area contributed by atoms with E-state index in [1.807, 2.05) is 0 Å². The van der Waals surface area contributed by atoms with Gasteiger partial charge in [-0.25, -0.2) is 13.5 Å². The third-order valence-electron chi connectivity index (χ3n) is 5.54. The van der Waals surface area contributed by atoms with Crippen LogP contribution < -0.4 is 5.32 Å². The fourth-order valence-corrected chi connectivity index (χ4v) is 4.40. The van der Waals surface area contributed by atoms with Gasteiger partial charge in [-0.2, -0.15) is 5.10 Å². The molecule has 2 bridgehead atoms. The number of carbonyl (C=O) groups excluding carboxylic acids is 1. The van der Waals surface area contributed by atoms with E-state index in [9.17, 15) is 13.6 Å². The Hall–Kier alpha value is -2.96. The summed E-state index contributed by atoms with van der Waals surface area (Å²) in [7, 11) is 0. The molecule has 2 heterocycles. The Balaban J connectivity index is 1.55. The third kappa shape index (κ3) is 2.57. The lowest BCUT2D eigenvalue weighted by molar-refractivity contribution is 0.0941. The van der Waals surface area contributed by atoms with Crippen molar-refractivity contribution in [2.75, 3.05) is 0 Å². The Bertz CT molecular complexity index is 1030. The van der Waals surface area contributed by atoms with Crippen LogP contribution in [-0.4, -0.2) is 15.7 Å². The SMILES string of the molecule is O=C(NCc1ccco1)c1nn(-c2ccc(F)cc2F)c2c1C1CCC2C1. The van der Waals surface area contributed by atoms with Crippen molar-refractivity contribution in [3.05, 3.63) is 70.9 Å². The Morgan fingerprint density at radius 1 is 1.26 bits per heavy atom. The fraction of sp³-hybridized carbons (Fsp3) is 0.300. The quantitative estimate of drug-likeness (QED) is 0.755. The lowest BCUT2D eigenvalue weighted by Crippen LogP contribution is -2.24. The number of fused-ring (bicyclic) bond motifs is 5. The van der Waals surface area contributed by atoms with E-state index in [0.29, 0.717) is 11.5 Å². The molecule has 27 heavy (non-hydrogen) atoms. The molecule has 138 valence electrons. The summed E-state index contributed by atoms with van der Waals surface area (Å²) in [5.41, 5.74) is 2.30. The molecule has 1 N–H and O–H groups in total. The van der Waals surface area contributed by atoms with Crippen LogP contribution in [0.2, 0.25) is 0 Å². The predicted octanol–water partition coefficient (Wildman–Crippen LogP) is 4.04. The zero-order chi connectivity index (χ0) is 18.5. The van der Waals surface area contributed by atoms with Gasteiger partial charge in [0.25, 0.3) is 5.91 Å². The van der Waals surface area contributed by atoms with Crippen LogP contribution in [0.3, 0.4) is 0 Å². The Morgan fingerprint density at radius 2 is 2.11 bits per heavy atom. The van der Waals surface area contributed by atoms with Gasteiger partial charge in [0.15, 0.2) is 11.5 Å². The first kappa shape index (κ1) is 16.2. The third-order valence-corrected chi connectivity index (χ3v) is 5.54. The van der Waals surface area contributed by atoms with Crippen molar-refractivity contribution in [2.24, 2.45) is 0 Å². The van der Waals surface area contributed by atoms with Crippen LogP contribution in [0.25, 0.3) is 5.69 Å². The van der Waals surface area contributed by atoms with Crippen LogP contribution in [0.5, 0.6) is 0 Å². The van der Waals surface area contributed by atoms with E-state index < -0.39 is 11.6 Å². The van der Waals surface area contributed by atoms with E-state index >= 15 is 0 Å². The molecule has 1 amide bonds. The lowest BCUT2D eigenvalue weighted by atomic mass is 9.95. The van der Waals surface area contributed by atoms with Gasteiger partial charge in [-0.15, -0.1) is 0 Å². The minimum absolute atomic E-state index is 0.172. The molecule has 0 radical (unpaired) electrons. The highest BCUT2D eigenvalue weighted by Gasteiger charge is 2.44. The van der Waals surface area contributed by atoms with Gasteiger partial charge in [-0.05, 0) is 49.4 Å². The zero-order valence-corrected chi connectivity index (χ0v) is 14.4. The second-order valence-electron chi connectivity index (χ2n) is 7.12. The van der Waals surface area contributed by atoms with Gasteiger partial charge in [-0.1, -0.05) is 0 Å². The molecule has 2 atom stereocenters. The van der Waals surface area contributed by atoms with Gasteiger partial charge in [0.1, 0.15) is 17.3 Å². The molecule has 1 saturated carbocycles. The van der Waals surface area contributed by atoms with E-state index in [1.54, 1.807) is 18.4 Å². The van der Waals surface area contributed by atoms with Gasteiger partial charge in [0, 0.05) is 17.5 Å². The molecule has 2 aliphatic carbocycles. The van der Waals surface area contributed by atoms with E-state index in [-0.39, 0.29) is 30.0 Å². The van der Waals surface area contributed by atoms with E-state index in [0.717, 1.165) is 36.6 Å². The number of nitrogens with zero attached hydrogens (tertiary/aromatic N) is 2. The normalized spacial score (nSPS) is 20.1. The van der Waals surface area contributed by atoms with Crippen molar-refractivity contribution in [3.63, 3.8) is 0 Å². The first-order valence-electron chi connectivity index (χ1n) is 9.00. The van der Waals surface area contributed by atoms with Crippen molar-refractivity contribution < 1.29 is 18.0 Å². The summed E-state index contributed by atoms with van der Waals surface area (Å²) in [6.07, 6.45) is 4.51. The van der Waals surface area contributed by atoms with E-state index in [2.05, 4.69) is 10.4 Å². The van der Waals surface area contributed by atoms with Gasteiger partial charge < -0.3 is 9.73 Å². The van der Waals surface area contributed by atoms with E-state index in [4.69, 9.17) is 4.42 Å². The molecular weight excluding hydrogens is 352 g/mol. The van der Waals surface area contributed by atoms with Crippen LogP contribution in [0, 0.1) is 11.6 Å². The molecule has 2 unspecified atom stereocenters. The van der Waals surface area contributed by atoms with Gasteiger partial charge in [-0.3, -0.25) is 4.79 Å². The zero-order valence-electron chi connectivity index (χ0n) is 14.4. The topological polar surface area (TPSA) is 60.1 Å². The number of nitrogens with one attached hydrogen (secondary N) is 1. The van der Waals surface area contributed by atoms with Gasteiger partial charge in [0.2, 0.25) is 0 Å². The molecule has 1 fully saturated rings. The van der Waals surface area contributed by atoms with Crippen LogP contribution in [0.1, 0.15) is 58.6 Å². The Labute approximate surface area is 154 Å². The monoisotopic (exact) mass is 369 g/mol. The van der Waals surface area contributed by atoms with Crippen LogP contribution in [-0.2, 0) is 6.54 Å². The number of halogens is 2. The molecule has 3 aromatic rings. The first-order valence-corrected chi connectivity index (χ1v) is 9.00.